The van der Waals surface area contributed by atoms with Crippen molar-refractivity contribution in [2.45, 2.75) is 57.5 Å². The summed E-state index contributed by atoms with van der Waals surface area (Å²) in [5.74, 6) is -4.99. The normalized spacial score (nSPS) is 16.0. The van der Waals surface area contributed by atoms with Crippen LogP contribution in [-0.2, 0) is 16.0 Å². The summed E-state index contributed by atoms with van der Waals surface area (Å²) in [6, 6.07) is 4.16. The minimum absolute atomic E-state index is 0.0856. The number of piperidine rings is 1. The first-order valence-electron chi connectivity index (χ1n) is 10.1. The number of halogens is 6. The number of aliphatic hydroxyl groups excluding tert-OH is 1. The highest BCUT2D eigenvalue weighted by Crippen LogP contribution is 2.22. The number of hydrogen-bond acceptors (Lipinski definition) is 5. The fourth-order valence-electron chi connectivity index (χ4n) is 2.95. The standard InChI is InChI=1S/C16H26N2O.2C2HF3O2/c1-2-16(19)15-7-11-18(12-8-15)10-4-6-14-5-3-9-17-13-14;2*3-2(4,5)1(6)7/h3,5,9,13,15-16,19H,2,4,6-8,10-12H2,1H3;2*(H,6,7). The van der Waals surface area contributed by atoms with E-state index in [9.17, 15) is 31.4 Å². The number of aliphatic carboxylic acids is 2. The molecule has 0 saturated carbocycles. The molecule has 1 aromatic heterocycles. The van der Waals surface area contributed by atoms with Crippen molar-refractivity contribution in [2.24, 2.45) is 5.92 Å². The molecule has 7 nitrogen and oxygen atoms in total. The van der Waals surface area contributed by atoms with Gasteiger partial charge < -0.3 is 20.2 Å². The van der Waals surface area contributed by atoms with Crippen LogP contribution >= 0.6 is 0 Å². The second-order valence-electron chi connectivity index (χ2n) is 7.23. The number of carboxylic acids is 2. The van der Waals surface area contributed by atoms with E-state index in [-0.39, 0.29) is 6.10 Å². The average molecular weight is 490 g/mol. The molecule has 1 saturated heterocycles. The van der Waals surface area contributed by atoms with Crippen LogP contribution in [0.25, 0.3) is 0 Å². The smallest absolute Gasteiger partial charge is 0.475 e. The third kappa shape index (κ3) is 14.4. The fraction of sp³-hybridized carbons (Fsp3) is 0.650. The number of nitrogens with zero attached hydrogens (tertiary/aromatic N) is 2. The second-order valence-corrected chi connectivity index (χ2v) is 7.23. The van der Waals surface area contributed by atoms with Crippen molar-refractivity contribution in [1.29, 1.82) is 0 Å². The maximum absolute atomic E-state index is 10.6. The summed E-state index contributed by atoms with van der Waals surface area (Å²) in [5, 5.41) is 24.1. The Balaban J connectivity index is 0.000000605. The number of likely N-dealkylation sites (tertiary alicyclic amines) is 1. The number of aryl methyl sites for hydroxylation is 1. The number of rotatable bonds is 6. The van der Waals surface area contributed by atoms with Crippen LogP contribution in [0.1, 0.15) is 38.2 Å². The number of hydrogen-bond donors (Lipinski definition) is 3. The molecule has 2 rings (SSSR count). The SMILES string of the molecule is CCC(O)C1CCN(CCCc2cccnc2)CC1.O=C(O)C(F)(F)F.O=C(O)C(F)(F)F. The molecule has 190 valence electrons. The summed E-state index contributed by atoms with van der Waals surface area (Å²) >= 11 is 0. The van der Waals surface area contributed by atoms with Crippen LogP contribution in [0.3, 0.4) is 0 Å². The fourth-order valence-corrected chi connectivity index (χ4v) is 2.95. The van der Waals surface area contributed by atoms with Crippen molar-refractivity contribution in [3.63, 3.8) is 0 Å². The highest BCUT2D eigenvalue weighted by atomic mass is 19.4. The van der Waals surface area contributed by atoms with Gasteiger partial charge in [0.1, 0.15) is 0 Å². The largest absolute Gasteiger partial charge is 0.490 e. The summed E-state index contributed by atoms with van der Waals surface area (Å²) in [7, 11) is 0. The number of alkyl halides is 6. The highest BCUT2D eigenvalue weighted by Gasteiger charge is 2.38. The molecule has 2 heterocycles. The van der Waals surface area contributed by atoms with Crippen molar-refractivity contribution in [2.75, 3.05) is 19.6 Å². The van der Waals surface area contributed by atoms with E-state index in [4.69, 9.17) is 19.8 Å². The molecular weight excluding hydrogens is 462 g/mol. The van der Waals surface area contributed by atoms with Crippen LogP contribution in [0.5, 0.6) is 0 Å². The van der Waals surface area contributed by atoms with E-state index in [1.54, 1.807) is 0 Å². The number of aliphatic hydroxyl groups is 1. The molecule has 3 N–H and O–H groups in total. The summed E-state index contributed by atoms with van der Waals surface area (Å²) in [6.45, 7) is 5.54. The zero-order valence-electron chi connectivity index (χ0n) is 17.9. The molecule has 1 aliphatic rings. The topological polar surface area (TPSA) is 111 Å². The van der Waals surface area contributed by atoms with Crippen molar-refractivity contribution in [3.05, 3.63) is 30.1 Å². The predicted octanol–water partition coefficient (Wildman–Crippen LogP) is 3.76. The molecule has 0 aromatic carbocycles. The molecule has 0 radical (unpaired) electrons. The minimum atomic E-state index is -5.08. The Hall–Kier alpha value is -2.41. The van der Waals surface area contributed by atoms with Gasteiger partial charge in [-0.15, -0.1) is 0 Å². The van der Waals surface area contributed by atoms with E-state index in [1.165, 1.54) is 18.5 Å². The van der Waals surface area contributed by atoms with Crippen molar-refractivity contribution < 1.29 is 51.3 Å². The van der Waals surface area contributed by atoms with E-state index in [0.717, 1.165) is 38.8 Å². The van der Waals surface area contributed by atoms with Crippen molar-refractivity contribution in [1.82, 2.24) is 9.88 Å². The second kappa shape index (κ2) is 14.7. The first-order chi connectivity index (χ1) is 15.2. The van der Waals surface area contributed by atoms with Crippen LogP contribution in [0.2, 0.25) is 0 Å². The Bertz CT molecular complexity index is 668. The van der Waals surface area contributed by atoms with E-state index in [2.05, 4.69) is 22.9 Å². The molecule has 1 atom stereocenters. The van der Waals surface area contributed by atoms with Crippen molar-refractivity contribution >= 4 is 11.9 Å². The zero-order chi connectivity index (χ0) is 25.7. The summed E-state index contributed by atoms with van der Waals surface area (Å²) in [6.07, 6.45) is -0.942. The molecule has 1 unspecified atom stereocenters. The molecule has 1 aliphatic heterocycles. The third-order valence-corrected chi connectivity index (χ3v) is 4.74. The van der Waals surface area contributed by atoms with Crippen LogP contribution in [0.4, 0.5) is 26.3 Å². The molecule has 0 aliphatic carbocycles. The van der Waals surface area contributed by atoms with Gasteiger partial charge in [0, 0.05) is 12.4 Å². The van der Waals surface area contributed by atoms with Crippen LogP contribution in [0, 0.1) is 5.92 Å². The van der Waals surface area contributed by atoms with Gasteiger partial charge in [-0.3, -0.25) is 4.98 Å². The van der Waals surface area contributed by atoms with Gasteiger partial charge in [0.05, 0.1) is 6.10 Å². The Labute approximate surface area is 187 Å². The van der Waals surface area contributed by atoms with Gasteiger partial charge in [0.2, 0.25) is 0 Å². The van der Waals surface area contributed by atoms with E-state index in [0.29, 0.717) is 5.92 Å². The van der Waals surface area contributed by atoms with Crippen LogP contribution in [0.15, 0.2) is 24.5 Å². The number of carbonyl (C=O) groups is 2. The van der Waals surface area contributed by atoms with Gasteiger partial charge >= 0.3 is 24.3 Å². The number of aromatic nitrogens is 1. The molecule has 1 aromatic rings. The Morgan fingerprint density at radius 2 is 1.58 bits per heavy atom. The Morgan fingerprint density at radius 1 is 1.09 bits per heavy atom. The monoisotopic (exact) mass is 490 g/mol. The summed E-state index contributed by atoms with van der Waals surface area (Å²) in [4.78, 5) is 24.5. The summed E-state index contributed by atoms with van der Waals surface area (Å²) in [5.41, 5.74) is 1.33. The molecule has 13 heteroatoms. The molecule has 0 amide bonds. The van der Waals surface area contributed by atoms with Crippen molar-refractivity contribution in [3.8, 4) is 0 Å². The third-order valence-electron chi connectivity index (χ3n) is 4.74. The lowest BCUT2D eigenvalue weighted by atomic mass is 9.90. The highest BCUT2D eigenvalue weighted by molar-refractivity contribution is 5.73. The number of carboxylic acid groups (broad SMARTS) is 2. The molecule has 0 spiro atoms. The van der Waals surface area contributed by atoms with Gasteiger partial charge in [-0.25, -0.2) is 9.59 Å². The Kier molecular flexibility index (Phi) is 13.6. The summed E-state index contributed by atoms with van der Waals surface area (Å²) < 4.78 is 63.5. The predicted molar refractivity (Wildman–Crippen MR) is 105 cm³/mol. The van der Waals surface area contributed by atoms with E-state index < -0.39 is 24.3 Å². The van der Waals surface area contributed by atoms with E-state index >= 15 is 0 Å². The molecule has 1 fully saturated rings. The Morgan fingerprint density at radius 3 is 1.94 bits per heavy atom. The maximum atomic E-state index is 10.6. The lowest BCUT2D eigenvalue weighted by Crippen LogP contribution is -2.38. The number of pyridine rings is 1. The first-order valence-corrected chi connectivity index (χ1v) is 10.1. The lowest BCUT2D eigenvalue weighted by Gasteiger charge is -2.34. The van der Waals surface area contributed by atoms with E-state index in [1.807, 2.05) is 18.5 Å². The minimum Gasteiger partial charge on any atom is -0.475 e. The van der Waals surface area contributed by atoms with Crippen LogP contribution < -0.4 is 0 Å². The van der Waals surface area contributed by atoms with Gasteiger partial charge in [-0.05, 0) is 69.3 Å². The first kappa shape index (κ1) is 30.6. The molecule has 33 heavy (non-hydrogen) atoms. The maximum Gasteiger partial charge on any atom is 0.490 e. The average Bonchev–Trinajstić information content (AvgIpc) is 2.74. The van der Waals surface area contributed by atoms with Gasteiger partial charge in [-0.1, -0.05) is 13.0 Å². The zero-order valence-corrected chi connectivity index (χ0v) is 17.9. The lowest BCUT2D eigenvalue weighted by molar-refractivity contribution is -0.193. The van der Waals surface area contributed by atoms with Gasteiger partial charge in [0.15, 0.2) is 0 Å². The van der Waals surface area contributed by atoms with Crippen LogP contribution in [-0.4, -0.2) is 75.2 Å². The van der Waals surface area contributed by atoms with Gasteiger partial charge in [0.25, 0.3) is 0 Å². The quantitative estimate of drug-likeness (QED) is 0.521. The molecular formula is C20H28F6N2O5. The van der Waals surface area contributed by atoms with Gasteiger partial charge in [-0.2, -0.15) is 26.3 Å². The molecule has 0 bridgehead atoms.